The molecule has 1 unspecified atom stereocenters. The summed E-state index contributed by atoms with van der Waals surface area (Å²) >= 11 is 0. The van der Waals surface area contributed by atoms with Crippen molar-refractivity contribution in [3.63, 3.8) is 0 Å². The van der Waals surface area contributed by atoms with E-state index in [4.69, 9.17) is 5.73 Å². The molecule has 2 rings (SSSR count). The number of benzene rings is 1. The normalized spacial score (nSPS) is 16.4. The summed E-state index contributed by atoms with van der Waals surface area (Å²) in [6, 6.07) is 6.07. The summed E-state index contributed by atoms with van der Waals surface area (Å²) in [5.41, 5.74) is 8.72. The number of aryl methyl sites for hydroxylation is 2. The van der Waals surface area contributed by atoms with Gasteiger partial charge >= 0.3 is 0 Å². The molecule has 1 amide bonds. The van der Waals surface area contributed by atoms with E-state index in [0.29, 0.717) is 12.3 Å². The zero-order valence-corrected chi connectivity index (χ0v) is 15.7. The first kappa shape index (κ1) is 20.7. The molecular weight excluding hydrogens is 324 g/mol. The van der Waals surface area contributed by atoms with Gasteiger partial charge in [0.15, 0.2) is 5.78 Å². The molecule has 0 spiro atoms. The molecule has 1 fully saturated rings. The van der Waals surface area contributed by atoms with Crippen LogP contribution in [0.25, 0.3) is 0 Å². The molecule has 0 radical (unpaired) electrons. The fourth-order valence-corrected chi connectivity index (χ4v) is 3.22. The van der Waals surface area contributed by atoms with E-state index in [1.807, 2.05) is 43.9 Å². The Hall–Kier alpha value is -1.39. The molecule has 0 aromatic heterocycles. The highest BCUT2D eigenvalue weighted by atomic mass is 35.5. The van der Waals surface area contributed by atoms with E-state index in [1.165, 1.54) is 0 Å². The fourth-order valence-electron chi connectivity index (χ4n) is 3.22. The number of Topliss-reactive ketones (excluding diaryl/α,β-unsaturated/α-hetero) is 1. The maximum Gasteiger partial charge on any atom is 0.223 e. The van der Waals surface area contributed by atoms with Crippen molar-refractivity contribution in [2.24, 2.45) is 11.7 Å². The molecular formula is C19H29ClN2O2. The maximum absolute atomic E-state index is 12.4. The van der Waals surface area contributed by atoms with E-state index in [1.54, 1.807) is 0 Å². The van der Waals surface area contributed by atoms with Crippen LogP contribution in [-0.4, -0.2) is 35.7 Å². The van der Waals surface area contributed by atoms with Gasteiger partial charge in [-0.1, -0.05) is 17.7 Å². The minimum absolute atomic E-state index is 0. The maximum atomic E-state index is 12.4. The van der Waals surface area contributed by atoms with Gasteiger partial charge in [-0.15, -0.1) is 12.4 Å². The number of nitrogens with zero attached hydrogens (tertiary/aromatic N) is 1. The summed E-state index contributed by atoms with van der Waals surface area (Å²) < 4.78 is 0. The lowest BCUT2D eigenvalue weighted by Crippen LogP contribution is -2.42. The van der Waals surface area contributed by atoms with Crippen molar-refractivity contribution in [2.45, 2.75) is 52.5 Å². The Morgan fingerprint density at radius 1 is 1.21 bits per heavy atom. The van der Waals surface area contributed by atoms with E-state index < -0.39 is 0 Å². The monoisotopic (exact) mass is 352 g/mol. The lowest BCUT2D eigenvalue weighted by molar-refractivity contribution is -0.132. The number of rotatable bonds is 5. The summed E-state index contributed by atoms with van der Waals surface area (Å²) in [7, 11) is 0. The first-order chi connectivity index (χ1) is 10.9. The summed E-state index contributed by atoms with van der Waals surface area (Å²) in [6.45, 7) is 7.48. The first-order valence-corrected chi connectivity index (χ1v) is 8.52. The number of amides is 1. The van der Waals surface area contributed by atoms with Gasteiger partial charge in [0.25, 0.3) is 0 Å². The molecule has 1 aliphatic rings. The van der Waals surface area contributed by atoms with Crippen LogP contribution < -0.4 is 5.73 Å². The largest absolute Gasteiger partial charge is 0.343 e. The molecule has 4 nitrogen and oxygen atoms in total. The van der Waals surface area contributed by atoms with Gasteiger partial charge in [0.1, 0.15) is 0 Å². The number of halogens is 1. The van der Waals surface area contributed by atoms with Gasteiger partial charge < -0.3 is 10.6 Å². The minimum Gasteiger partial charge on any atom is -0.343 e. The molecule has 0 aliphatic carbocycles. The predicted molar refractivity (Wildman–Crippen MR) is 99.7 cm³/mol. The number of ketones is 1. The zero-order valence-electron chi connectivity index (χ0n) is 14.9. The van der Waals surface area contributed by atoms with Gasteiger partial charge in [0.05, 0.1) is 0 Å². The smallest absolute Gasteiger partial charge is 0.223 e. The molecule has 1 aromatic carbocycles. The Morgan fingerprint density at radius 2 is 1.83 bits per heavy atom. The number of hydrogen-bond donors (Lipinski definition) is 1. The number of nitrogens with two attached hydrogens (primary N) is 1. The van der Waals surface area contributed by atoms with Gasteiger partial charge in [-0.2, -0.15) is 0 Å². The molecule has 0 saturated carbocycles. The lowest BCUT2D eigenvalue weighted by Gasteiger charge is -2.33. The van der Waals surface area contributed by atoms with Crippen LogP contribution in [0.1, 0.15) is 54.1 Å². The molecule has 134 valence electrons. The average molecular weight is 353 g/mol. The van der Waals surface area contributed by atoms with Gasteiger partial charge in [-0.3, -0.25) is 9.59 Å². The number of carbonyl (C=O) groups is 2. The Morgan fingerprint density at radius 3 is 2.42 bits per heavy atom. The van der Waals surface area contributed by atoms with Crippen LogP contribution in [0.5, 0.6) is 0 Å². The number of hydrogen-bond acceptors (Lipinski definition) is 3. The highest BCUT2D eigenvalue weighted by molar-refractivity contribution is 5.99. The third kappa shape index (κ3) is 5.32. The minimum atomic E-state index is 0. The van der Waals surface area contributed by atoms with Crippen molar-refractivity contribution in [3.05, 3.63) is 34.9 Å². The van der Waals surface area contributed by atoms with Crippen LogP contribution in [0.15, 0.2) is 18.2 Å². The number of carbonyl (C=O) groups excluding carboxylic acids is 2. The SMILES string of the molecule is Cc1ccc(C)c(C(=O)CCC(=O)N2CCC(C(C)N)CC2)c1.Cl. The van der Waals surface area contributed by atoms with Gasteiger partial charge in [0, 0.05) is 37.5 Å². The zero-order chi connectivity index (χ0) is 17.0. The first-order valence-electron chi connectivity index (χ1n) is 8.52. The van der Waals surface area contributed by atoms with Crippen LogP contribution in [0.4, 0.5) is 0 Å². The van der Waals surface area contributed by atoms with E-state index in [9.17, 15) is 9.59 Å². The molecule has 1 heterocycles. The van der Waals surface area contributed by atoms with Crippen LogP contribution >= 0.6 is 12.4 Å². The third-order valence-electron chi connectivity index (χ3n) is 4.90. The second-order valence-electron chi connectivity index (χ2n) is 6.82. The van der Waals surface area contributed by atoms with Gasteiger partial charge in [-0.25, -0.2) is 0 Å². The van der Waals surface area contributed by atoms with Crippen molar-refractivity contribution in [2.75, 3.05) is 13.1 Å². The Labute approximate surface area is 151 Å². The topological polar surface area (TPSA) is 63.4 Å². The van der Waals surface area contributed by atoms with E-state index >= 15 is 0 Å². The second kappa shape index (κ2) is 9.19. The quantitative estimate of drug-likeness (QED) is 0.827. The van der Waals surface area contributed by atoms with Crippen LogP contribution in [0.2, 0.25) is 0 Å². The average Bonchev–Trinajstić information content (AvgIpc) is 2.54. The second-order valence-corrected chi connectivity index (χ2v) is 6.82. The molecule has 1 aliphatic heterocycles. The van der Waals surface area contributed by atoms with Crippen molar-refractivity contribution in [3.8, 4) is 0 Å². The summed E-state index contributed by atoms with van der Waals surface area (Å²) in [5.74, 6) is 0.660. The summed E-state index contributed by atoms with van der Waals surface area (Å²) in [4.78, 5) is 26.5. The third-order valence-corrected chi connectivity index (χ3v) is 4.90. The highest BCUT2D eigenvalue weighted by Crippen LogP contribution is 2.21. The summed E-state index contributed by atoms with van der Waals surface area (Å²) in [5, 5.41) is 0. The van der Waals surface area contributed by atoms with Crippen molar-refractivity contribution >= 4 is 24.1 Å². The van der Waals surface area contributed by atoms with Gasteiger partial charge in [0.2, 0.25) is 5.91 Å². The van der Waals surface area contributed by atoms with Crippen LogP contribution in [0, 0.1) is 19.8 Å². The Balaban J connectivity index is 0.00000288. The predicted octanol–water partition coefficient (Wildman–Crippen LogP) is 3.27. The van der Waals surface area contributed by atoms with Gasteiger partial charge in [-0.05, 0) is 51.2 Å². The summed E-state index contributed by atoms with van der Waals surface area (Å²) in [6.07, 6.45) is 2.52. The van der Waals surface area contributed by atoms with E-state index in [-0.39, 0.29) is 36.6 Å². The van der Waals surface area contributed by atoms with Crippen molar-refractivity contribution in [1.82, 2.24) is 4.90 Å². The van der Waals surface area contributed by atoms with Crippen molar-refractivity contribution in [1.29, 1.82) is 0 Å². The van der Waals surface area contributed by atoms with Crippen LogP contribution in [-0.2, 0) is 4.79 Å². The Kier molecular flexibility index (Phi) is 7.91. The molecule has 1 aromatic rings. The molecule has 2 N–H and O–H groups in total. The molecule has 1 atom stereocenters. The molecule has 0 bridgehead atoms. The van der Waals surface area contributed by atoms with E-state index in [0.717, 1.165) is 42.6 Å². The Bertz CT molecular complexity index is 579. The molecule has 24 heavy (non-hydrogen) atoms. The number of piperidine rings is 1. The number of likely N-dealkylation sites (tertiary alicyclic amines) is 1. The highest BCUT2D eigenvalue weighted by Gasteiger charge is 2.25. The molecule has 5 heteroatoms. The fraction of sp³-hybridized carbons (Fsp3) is 0.579. The standard InChI is InChI=1S/C19H28N2O2.ClH/c1-13-4-5-14(2)17(12-13)18(22)6-7-19(23)21-10-8-16(9-11-21)15(3)20;/h4-5,12,15-16H,6-11,20H2,1-3H3;1H. The molecule has 1 saturated heterocycles. The van der Waals surface area contributed by atoms with E-state index in [2.05, 4.69) is 0 Å². The van der Waals surface area contributed by atoms with Crippen LogP contribution in [0.3, 0.4) is 0 Å². The van der Waals surface area contributed by atoms with Crippen molar-refractivity contribution < 1.29 is 9.59 Å². The lowest BCUT2D eigenvalue weighted by atomic mass is 9.90.